The van der Waals surface area contributed by atoms with Gasteiger partial charge in [-0.25, -0.2) is 10.8 Å². The number of anilines is 1. The van der Waals surface area contributed by atoms with E-state index in [9.17, 15) is 0 Å². The highest BCUT2D eigenvalue weighted by atomic mass is 32.1. The van der Waals surface area contributed by atoms with Gasteiger partial charge >= 0.3 is 0 Å². The average Bonchev–Trinajstić information content (AvgIpc) is 3.00. The summed E-state index contributed by atoms with van der Waals surface area (Å²) in [5, 5.41) is 3.08. The molecule has 0 amide bonds. The van der Waals surface area contributed by atoms with Crippen LogP contribution >= 0.6 is 11.3 Å². The summed E-state index contributed by atoms with van der Waals surface area (Å²) in [5.74, 6) is 7.13. The van der Waals surface area contributed by atoms with Crippen LogP contribution in [0.2, 0.25) is 0 Å². The Kier molecular flexibility index (Phi) is 3.54. The van der Waals surface area contributed by atoms with Crippen molar-refractivity contribution in [1.29, 1.82) is 0 Å². The van der Waals surface area contributed by atoms with Gasteiger partial charge in [0.05, 0.1) is 12.1 Å². The molecule has 20 heavy (non-hydrogen) atoms. The molecule has 0 saturated heterocycles. The standard InChI is InChI=1S/C15H15N3OS/c1-2-19-11-5-6-13-10(8-11)9-12(15(17-13)18-16)14-4-3-7-20-14/h3-9H,2,16H2,1H3,(H,17,18). The van der Waals surface area contributed by atoms with Crippen molar-refractivity contribution in [2.45, 2.75) is 6.92 Å². The lowest BCUT2D eigenvalue weighted by molar-refractivity contribution is 0.340. The summed E-state index contributed by atoms with van der Waals surface area (Å²) in [6.07, 6.45) is 0. The zero-order valence-electron chi connectivity index (χ0n) is 11.1. The Morgan fingerprint density at radius 3 is 2.90 bits per heavy atom. The highest BCUT2D eigenvalue weighted by molar-refractivity contribution is 7.13. The van der Waals surface area contributed by atoms with E-state index in [1.54, 1.807) is 11.3 Å². The number of thiophene rings is 1. The topological polar surface area (TPSA) is 60.2 Å². The zero-order valence-corrected chi connectivity index (χ0v) is 11.9. The van der Waals surface area contributed by atoms with Gasteiger partial charge in [-0.2, -0.15) is 0 Å². The number of nitrogens with two attached hydrogens (primary N) is 1. The first-order valence-electron chi connectivity index (χ1n) is 6.40. The predicted molar refractivity (Wildman–Crippen MR) is 84.0 cm³/mol. The summed E-state index contributed by atoms with van der Waals surface area (Å²) in [4.78, 5) is 5.70. The summed E-state index contributed by atoms with van der Waals surface area (Å²) in [6.45, 7) is 2.63. The van der Waals surface area contributed by atoms with Crippen LogP contribution in [0.5, 0.6) is 5.75 Å². The van der Waals surface area contributed by atoms with Crippen molar-refractivity contribution in [2.75, 3.05) is 12.0 Å². The maximum absolute atomic E-state index is 5.59. The van der Waals surface area contributed by atoms with Crippen LogP contribution in [-0.2, 0) is 0 Å². The number of rotatable bonds is 4. The van der Waals surface area contributed by atoms with E-state index in [0.717, 1.165) is 27.1 Å². The van der Waals surface area contributed by atoms with Gasteiger partial charge in [-0.1, -0.05) is 6.07 Å². The summed E-state index contributed by atoms with van der Waals surface area (Å²) >= 11 is 1.66. The lowest BCUT2D eigenvalue weighted by Gasteiger charge is -2.10. The number of aromatic nitrogens is 1. The van der Waals surface area contributed by atoms with Gasteiger partial charge < -0.3 is 10.2 Å². The predicted octanol–water partition coefficient (Wildman–Crippen LogP) is 3.65. The second kappa shape index (κ2) is 5.48. The second-order valence-electron chi connectivity index (χ2n) is 4.29. The Morgan fingerprint density at radius 1 is 1.30 bits per heavy atom. The molecule has 4 nitrogen and oxygen atoms in total. The normalized spacial score (nSPS) is 10.7. The first-order chi connectivity index (χ1) is 9.81. The number of hydrogen-bond acceptors (Lipinski definition) is 5. The molecule has 0 aliphatic rings. The molecule has 0 bridgehead atoms. The fourth-order valence-corrected chi connectivity index (χ4v) is 2.88. The molecule has 1 aromatic carbocycles. The third-order valence-corrected chi connectivity index (χ3v) is 3.92. The first-order valence-corrected chi connectivity index (χ1v) is 7.28. The highest BCUT2D eigenvalue weighted by Crippen LogP contribution is 2.33. The lowest BCUT2D eigenvalue weighted by Crippen LogP contribution is -2.09. The van der Waals surface area contributed by atoms with E-state index in [-0.39, 0.29) is 0 Å². The third-order valence-electron chi connectivity index (χ3n) is 3.02. The van der Waals surface area contributed by atoms with E-state index < -0.39 is 0 Å². The van der Waals surface area contributed by atoms with Crippen LogP contribution in [0.4, 0.5) is 5.82 Å². The van der Waals surface area contributed by atoms with Crippen LogP contribution < -0.4 is 16.0 Å². The van der Waals surface area contributed by atoms with Gasteiger partial charge in [0.1, 0.15) is 11.6 Å². The lowest BCUT2D eigenvalue weighted by atomic mass is 10.1. The van der Waals surface area contributed by atoms with Gasteiger partial charge in [0.15, 0.2) is 0 Å². The molecule has 0 radical (unpaired) electrons. The molecule has 3 N–H and O–H groups in total. The minimum Gasteiger partial charge on any atom is -0.494 e. The van der Waals surface area contributed by atoms with E-state index >= 15 is 0 Å². The van der Waals surface area contributed by atoms with Gasteiger partial charge in [-0.05, 0) is 42.6 Å². The largest absolute Gasteiger partial charge is 0.494 e. The summed E-state index contributed by atoms with van der Waals surface area (Å²) in [6, 6.07) is 12.0. The molecule has 0 aliphatic heterocycles. The van der Waals surface area contributed by atoms with Gasteiger partial charge in [-0.15, -0.1) is 11.3 Å². The molecule has 0 atom stereocenters. The number of nitrogen functional groups attached to an aromatic ring is 1. The summed E-state index contributed by atoms with van der Waals surface area (Å²) in [7, 11) is 0. The van der Waals surface area contributed by atoms with Crippen molar-refractivity contribution in [2.24, 2.45) is 5.84 Å². The first kappa shape index (κ1) is 12.9. The molecule has 0 aliphatic carbocycles. The molecule has 102 valence electrons. The molecular formula is C15H15N3OS. The zero-order chi connectivity index (χ0) is 13.9. The number of fused-ring (bicyclic) bond motifs is 1. The smallest absolute Gasteiger partial charge is 0.149 e. The van der Waals surface area contributed by atoms with E-state index in [1.807, 2.05) is 36.6 Å². The van der Waals surface area contributed by atoms with Crippen molar-refractivity contribution in [3.8, 4) is 16.2 Å². The van der Waals surface area contributed by atoms with Crippen molar-refractivity contribution >= 4 is 28.1 Å². The Bertz CT molecular complexity index is 725. The SMILES string of the molecule is CCOc1ccc2nc(NN)c(-c3cccs3)cc2c1. The Hall–Kier alpha value is -2.11. The maximum Gasteiger partial charge on any atom is 0.149 e. The van der Waals surface area contributed by atoms with Gasteiger partial charge in [0, 0.05) is 15.8 Å². The molecule has 0 saturated carbocycles. The number of pyridine rings is 1. The van der Waals surface area contributed by atoms with Gasteiger partial charge in [-0.3, -0.25) is 0 Å². The van der Waals surface area contributed by atoms with E-state index in [0.29, 0.717) is 12.4 Å². The number of nitrogens with one attached hydrogen (secondary N) is 1. The number of benzene rings is 1. The molecule has 5 heteroatoms. The van der Waals surface area contributed by atoms with Crippen molar-refractivity contribution in [3.63, 3.8) is 0 Å². The van der Waals surface area contributed by atoms with Crippen molar-refractivity contribution in [3.05, 3.63) is 41.8 Å². The Morgan fingerprint density at radius 2 is 2.20 bits per heavy atom. The monoisotopic (exact) mass is 285 g/mol. The van der Waals surface area contributed by atoms with Crippen molar-refractivity contribution < 1.29 is 4.74 Å². The molecule has 3 aromatic rings. The third kappa shape index (κ3) is 2.33. The van der Waals surface area contributed by atoms with Gasteiger partial charge in [0.2, 0.25) is 0 Å². The van der Waals surface area contributed by atoms with Crippen LogP contribution in [0.15, 0.2) is 41.8 Å². The highest BCUT2D eigenvalue weighted by Gasteiger charge is 2.09. The van der Waals surface area contributed by atoms with Crippen molar-refractivity contribution in [1.82, 2.24) is 4.98 Å². The van der Waals surface area contributed by atoms with Crippen LogP contribution in [0, 0.1) is 0 Å². The fourth-order valence-electron chi connectivity index (χ4n) is 2.14. The number of nitrogens with zero attached hydrogens (tertiary/aromatic N) is 1. The molecule has 2 heterocycles. The Labute approximate surface area is 121 Å². The molecule has 3 rings (SSSR count). The van der Waals surface area contributed by atoms with E-state index in [2.05, 4.69) is 22.5 Å². The quantitative estimate of drug-likeness (QED) is 0.567. The molecular weight excluding hydrogens is 270 g/mol. The molecule has 0 unspecified atom stereocenters. The molecule has 2 aromatic heterocycles. The van der Waals surface area contributed by atoms with Crippen LogP contribution in [0.25, 0.3) is 21.3 Å². The Balaban J connectivity index is 2.18. The van der Waals surface area contributed by atoms with Gasteiger partial charge in [0.25, 0.3) is 0 Å². The average molecular weight is 285 g/mol. The number of hydrazine groups is 1. The summed E-state index contributed by atoms with van der Waals surface area (Å²) < 4.78 is 5.54. The number of hydrogen-bond donors (Lipinski definition) is 2. The van der Waals surface area contributed by atoms with Crippen LogP contribution in [0.3, 0.4) is 0 Å². The second-order valence-corrected chi connectivity index (χ2v) is 5.24. The van der Waals surface area contributed by atoms with E-state index in [1.165, 1.54) is 0 Å². The van der Waals surface area contributed by atoms with Crippen LogP contribution in [-0.4, -0.2) is 11.6 Å². The fraction of sp³-hybridized carbons (Fsp3) is 0.133. The maximum atomic E-state index is 5.59. The molecule has 0 fully saturated rings. The minimum absolute atomic E-state index is 0.652. The minimum atomic E-state index is 0.652. The molecule has 0 spiro atoms. The summed E-state index contributed by atoms with van der Waals surface area (Å²) in [5.41, 5.74) is 4.57. The van der Waals surface area contributed by atoms with Crippen LogP contribution in [0.1, 0.15) is 6.92 Å². The van der Waals surface area contributed by atoms with E-state index in [4.69, 9.17) is 10.6 Å². The number of ether oxygens (including phenoxy) is 1.